The van der Waals surface area contributed by atoms with Gasteiger partial charge in [0.05, 0.1) is 18.8 Å². The van der Waals surface area contributed by atoms with E-state index in [9.17, 15) is 9.59 Å². The standard InChI is InChI=1S/C17H17BrN2O3S/c18-12-9-13(24-11-12)10-19-16(21)5-6-17(22)20-7-8-23-15-4-2-1-3-14(15)20/h1-4,9,11H,5-8,10H2,(H,19,21). The van der Waals surface area contributed by atoms with Crippen molar-refractivity contribution in [1.82, 2.24) is 5.32 Å². The summed E-state index contributed by atoms with van der Waals surface area (Å²) in [7, 11) is 0. The Labute approximate surface area is 152 Å². The van der Waals surface area contributed by atoms with E-state index in [1.54, 1.807) is 16.2 Å². The van der Waals surface area contributed by atoms with E-state index in [0.29, 0.717) is 25.4 Å². The molecule has 1 N–H and O–H groups in total. The highest BCUT2D eigenvalue weighted by molar-refractivity contribution is 9.10. The summed E-state index contributed by atoms with van der Waals surface area (Å²) in [4.78, 5) is 27.1. The molecule has 126 valence electrons. The number of halogens is 1. The minimum atomic E-state index is -0.116. The number of thiophene rings is 1. The zero-order valence-corrected chi connectivity index (χ0v) is 15.4. The predicted molar refractivity (Wildman–Crippen MR) is 97.4 cm³/mol. The molecular formula is C17H17BrN2O3S. The Morgan fingerprint density at radius 3 is 2.92 bits per heavy atom. The fourth-order valence-electron chi connectivity index (χ4n) is 2.50. The van der Waals surface area contributed by atoms with E-state index >= 15 is 0 Å². The third-order valence-corrected chi connectivity index (χ3v) is 5.37. The first-order valence-corrected chi connectivity index (χ1v) is 9.32. The lowest BCUT2D eigenvalue weighted by Crippen LogP contribution is -2.38. The summed E-state index contributed by atoms with van der Waals surface area (Å²) in [5, 5.41) is 4.82. The van der Waals surface area contributed by atoms with Crippen molar-refractivity contribution in [3.63, 3.8) is 0 Å². The first-order chi connectivity index (χ1) is 11.6. The maximum absolute atomic E-state index is 12.4. The second kappa shape index (κ2) is 7.81. The molecule has 2 amide bonds. The number of amides is 2. The molecule has 1 aromatic heterocycles. The number of carbonyl (C=O) groups excluding carboxylic acids is 2. The Balaban J connectivity index is 1.50. The summed E-state index contributed by atoms with van der Waals surface area (Å²) >= 11 is 4.96. The molecule has 0 atom stereocenters. The molecule has 0 fully saturated rings. The zero-order valence-electron chi connectivity index (χ0n) is 13.0. The zero-order chi connectivity index (χ0) is 16.9. The minimum Gasteiger partial charge on any atom is -0.490 e. The van der Waals surface area contributed by atoms with Gasteiger partial charge in [-0.25, -0.2) is 0 Å². The number of carbonyl (C=O) groups is 2. The smallest absolute Gasteiger partial charge is 0.227 e. The predicted octanol–water partition coefficient (Wildman–Crippen LogP) is 3.33. The molecule has 0 radical (unpaired) electrons. The van der Waals surface area contributed by atoms with Gasteiger partial charge in [0.25, 0.3) is 0 Å². The number of ether oxygens (including phenoxy) is 1. The number of para-hydroxylation sites is 2. The number of fused-ring (bicyclic) bond motifs is 1. The first kappa shape index (κ1) is 17.0. The molecule has 24 heavy (non-hydrogen) atoms. The van der Waals surface area contributed by atoms with Gasteiger partial charge in [-0.05, 0) is 34.1 Å². The summed E-state index contributed by atoms with van der Waals surface area (Å²) < 4.78 is 6.56. The highest BCUT2D eigenvalue weighted by atomic mass is 79.9. The molecule has 0 saturated carbocycles. The average molecular weight is 409 g/mol. The van der Waals surface area contributed by atoms with E-state index in [1.165, 1.54) is 0 Å². The van der Waals surface area contributed by atoms with E-state index in [-0.39, 0.29) is 24.7 Å². The molecule has 0 aliphatic carbocycles. The van der Waals surface area contributed by atoms with Gasteiger partial charge in [-0.3, -0.25) is 9.59 Å². The van der Waals surface area contributed by atoms with Crippen molar-refractivity contribution in [1.29, 1.82) is 0 Å². The van der Waals surface area contributed by atoms with Crippen LogP contribution in [0.1, 0.15) is 17.7 Å². The van der Waals surface area contributed by atoms with Crippen molar-refractivity contribution in [2.75, 3.05) is 18.1 Å². The van der Waals surface area contributed by atoms with Crippen LogP contribution in [0.2, 0.25) is 0 Å². The Morgan fingerprint density at radius 1 is 1.29 bits per heavy atom. The van der Waals surface area contributed by atoms with E-state index in [0.717, 1.165) is 15.0 Å². The number of nitrogens with zero attached hydrogens (tertiary/aromatic N) is 1. The van der Waals surface area contributed by atoms with E-state index in [4.69, 9.17) is 4.74 Å². The second-order valence-electron chi connectivity index (χ2n) is 5.37. The normalized spacial score (nSPS) is 13.1. The molecule has 7 heteroatoms. The molecule has 3 rings (SSSR count). The Kier molecular flexibility index (Phi) is 5.52. The quantitative estimate of drug-likeness (QED) is 0.824. The van der Waals surface area contributed by atoms with Crippen LogP contribution in [-0.2, 0) is 16.1 Å². The van der Waals surface area contributed by atoms with Crippen LogP contribution in [-0.4, -0.2) is 25.0 Å². The fraction of sp³-hybridized carbons (Fsp3) is 0.294. The molecule has 0 bridgehead atoms. The van der Waals surface area contributed by atoms with E-state index in [2.05, 4.69) is 21.2 Å². The molecule has 2 aromatic rings. The van der Waals surface area contributed by atoms with Gasteiger partial charge in [-0.15, -0.1) is 11.3 Å². The lowest BCUT2D eigenvalue weighted by molar-refractivity contribution is -0.125. The molecule has 0 spiro atoms. The van der Waals surface area contributed by atoms with Crippen LogP contribution in [0.4, 0.5) is 5.69 Å². The van der Waals surface area contributed by atoms with Crippen molar-refractivity contribution in [2.45, 2.75) is 19.4 Å². The fourth-order valence-corrected chi connectivity index (χ4v) is 3.90. The van der Waals surface area contributed by atoms with E-state index in [1.807, 2.05) is 35.7 Å². The van der Waals surface area contributed by atoms with Crippen molar-refractivity contribution in [2.24, 2.45) is 0 Å². The maximum Gasteiger partial charge on any atom is 0.227 e. The lowest BCUT2D eigenvalue weighted by atomic mass is 10.2. The molecule has 1 aromatic carbocycles. The highest BCUT2D eigenvalue weighted by Gasteiger charge is 2.23. The van der Waals surface area contributed by atoms with Gasteiger partial charge in [0.15, 0.2) is 0 Å². The van der Waals surface area contributed by atoms with Crippen molar-refractivity contribution >= 4 is 44.8 Å². The number of hydrogen-bond donors (Lipinski definition) is 1. The van der Waals surface area contributed by atoms with Crippen LogP contribution < -0.4 is 15.0 Å². The van der Waals surface area contributed by atoms with Gasteiger partial charge < -0.3 is 15.0 Å². The van der Waals surface area contributed by atoms with Gasteiger partial charge in [0.2, 0.25) is 11.8 Å². The average Bonchev–Trinajstić information content (AvgIpc) is 3.02. The summed E-state index contributed by atoms with van der Waals surface area (Å²) in [6.07, 6.45) is 0.374. The van der Waals surface area contributed by atoms with Gasteiger partial charge in [0.1, 0.15) is 12.4 Å². The molecule has 0 saturated heterocycles. The van der Waals surface area contributed by atoms with Gasteiger partial charge in [-0.1, -0.05) is 12.1 Å². The topological polar surface area (TPSA) is 58.6 Å². The van der Waals surface area contributed by atoms with Crippen LogP contribution >= 0.6 is 27.3 Å². The Morgan fingerprint density at radius 2 is 2.12 bits per heavy atom. The Bertz CT molecular complexity index is 747. The van der Waals surface area contributed by atoms with Crippen LogP contribution in [0.3, 0.4) is 0 Å². The summed E-state index contributed by atoms with van der Waals surface area (Å²) in [6, 6.07) is 9.44. The van der Waals surface area contributed by atoms with Gasteiger partial charge in [-0.2, -0.15) is 0 Å². The summed E-state index contributed by atoms with van der Waals surface area (Å²) in [5.41, 5.74) is 0.776. The van der Waals surface area contributed by atoms with Crippen molar-refractivity contribution in [3.05, 3.63) is 45.1 Å². The second-order valence-corrected chi connectivity index (χ2v) is 7.28. The summed E-state index contributed by atoms with van der Waals surface area (Å²) in [6.45, 7) is 1.48. The molecule has 5 nitrogen and oxygen atoms in total. The number of anilines is 1. The molecular weight excluding hydrogens is 392 g/mol. The van der Waals surface area contributed by atoms with Crippen LogP contribution in [0.15, 0.2) is 40.2 Å². The first-order valence-electron chi connectivity index (χ1n) is 7.65. The number of benzene rings is 1. The molecule has 2 heterocycles. The lowest BCUT2D eigenvalue weighted by Gasteiger charge is -2.29. The third-order valence-electron chi connectivity index (χ3n) is 3.68. The monoisotopic (exact) mass is 408 g/mol. The van der Waals surface area contributed by atoms with Crippen molar-refractivity contribution < 1.29 is 14.3 Å². The third kappa shape index (κ3) is 4.15. The largest absolute Gasteiger partial charge is 0.490 e. The van der Waals surface area contributed by atoms with E-state index < -0.39 is 0 Å². The van der Waals surface area contributed by atoms with Gasteiger partial charge in [0, 0.05) is 27.6 Å². The molecule has 1 aliphatic heterocycles. The van der Waals surface area contributed by atoms with Gasteiger partial charge >= 0.3 is 0 Å². The molecule has 0 unspecified atom stereocenters. The molecule has 1 aliphatic rings. The minimum absolute atomic E-state index is 0.0558. The van der Waals surface area contributed by atoms with Crippen molar-refractivity contribution in [3.8, 4) is 5.75 Å². The highest BCUT2D eigenvalue weighted by Crippen LogP contribution is 2.31. The maximum atomic E-state index is 12.4. The number of nitrogens with one attached hydrogen (secondary N) is 1. The van der Waals surface area contributed by atoms with Crippen LogP contribution in [0, 0.1) is 0 Å². The van der Waals surface area contributed by atoms with Crippen LogP contribution in [0.5, 0.6) is 5.75 Å². The number of rotatable bonds is 5. The SMILES string of the molecule is O=C(CCC(=O)N1CCOc2ccccc21)NCc1cc(Br)cs1. The number of hydrogen-bond acceptors (Lipinski definition) is 4. The van der Waals surface area contributed by atoms with Crippen LogP contribution in [0.25, 0.3) is 0 Å². The Hall–Kier alpha value is -1.86. The summed E-state index contributed by atoms with van der Waals surface area (Å²) in [5.74, 6) is 0.541.